The number of amides is 1. The minimum atomic E-state index is -3.81. The van der Waals surface area contributed by atoms with Crippen molar-refractivity contribution in [2.75, 3.05) is 20.2 Å². The maximum Gasteiger partial charge on any atom is 0.324 e. The summed E-state index contributed by atoms with van der Waals surface area (Å²) in [4.78, 5) is 26.5. The van der Waals surface area contributed by atoms with Gasteiger partial charge >= 0.3 is 5.97 Å². The van der Waals surface area contributed by atoms with Gasteiger partial charge in [0.05, 0.1) is 4.90 Å². The van der Waals surface area contributed by atoms with Crippen LogP contribution < -0.4 is 0 Å². The Morgan fingerprint density at radius 3 is 2.43 bits per heavy atom. The van der Waals surface area contributed by atoms with Crippen LogP contribution >= 0.6 is 0 Å². The monoisotopic (exact) mass is 430 g/mol. The summed E-state index contributed by atoms with van der Waals surface area (Å²) in [6.45, 7) is 2.10. The van der Waals surface area contributed by atoms with Crippen LogP contribution in [-0.4, -0.2) is 55.7 Å². The minimum absolute atomic E-state index is 0.145. The minimum Gasteiger partial charge on any atom is -0.454 e. The lowest BCUT2D eigenvalue weighted by atomic mass is 10.2. The summed E-state index contributed by atoms with van der Waals surface area (Å²) in [5.74, 6) is -1.04. The highest BCUT2D eigenvalue weighted by atomic mass is 32.2. The maximum absolute atomic E-state index is 13.0. The third-order valence-corrected chi connectivity index (χ3v) is 7.05. The third-order valence-electron chi connectivity index (χ3n) is 5.13. The molecule has 1 saturated heterocycles. The summed E-state index contributed by atoms with van der Waals surface area (Å²) in [7, 11) is -2.18. The summed E-state index contributed by atoms with van der Waals surface area (Å²) < 4.78 is 32.3. The van der Waals surface area contributed by atoms with E-state index in [0.29, 0.717) is 19.4 Å². The molecule has 1 atom stereocenters. The number of carbonyl (C=O) groups is 2. The van der Waals surface area contributed by atoms with Gasteiger partial charge in [0.2, 0.25) is 10.0 Å². The highest BCUT2D eigenvalue weighted by Crippen LogP contribution is 2.27. The molecular weight excluding hydrogens is 404 g/mol. The molecule has 0 N–H and O–H groups in total. The normalized spacial score (nSPS) is 16.9. The van der Waals surface area contributed by atoms with Crippen molar-refractivity contribution >= 4 is 21.9 Å². The van der Waals surface area contributed by atoms with Gasteiger partial charge in [0, 0.05) is 20.1 Å². The molecule has 160 valence electrons. The molecule has 30 heavy (non-hydrogen) atoms. The van der Waals surface area contributed by atoms with E-state index in [-0.39, 0.29) is 17.3 Å². The van der Waals surface area contributed by atoms with E-state index in [1.165, 1.54) is 21.3 Å². The van der Waals surface area contributed by atoms with E-state index >= 15 is 0 Å². The zero-order valence-corrected chi connectivity index (χ0v) is 18.0. The average molecular weight is 431 g/mol. The number of benzene rings is 2. The number of ether oxygens (including phenoxy) is 1. The van der Waals surface area contributed by atoms with Gasteiger partial charge in [0.1, 0.15) is 6.04 Å². The smallest absolute Gasteiger partial charge is 0.324 e. The summed E-state index contributed by atoms with van der Waals surface area (Å²) in [6, 6.07) is 15.1. The van der Waals surface area contributed by atoms with Crippen molar-refractivity contribution in [3.8, 4) is 0 Å². The van der Waals surface area contributed by atoms with Crippen LogP contribution in [0.25, 0.3) is 0 Å². The predicted octanol–water partition coefficient (Wildman–Crippen LogP) is 2.35. The number of esters is 1. The first-order valence-electron chi connectivity index (χ1n) is 9.82. The van der Waals surface area contributed by atoms with Crippen molar-refractivity contribution in [2.24, 2.45) is 0 Å². The molecule has 2 aromatic carbocycles. The average Bonchev–Trinajstić information content (AvgIpc) is 3.24. The first-order chi connectivity index (χ1) is 14.3. The molecule has 1 fully saturated rings. The molecule has 0 saturated carbocycles. The summed E-state index contributed by atoms with van der Waals surface area (Å²) in [5, 5.41) is 0. The third kappa shape index (κ3) is 5.06. The Balaban J connectivity index is 1.60. The van der Waals surface area contributed by atoms with Crippen LogP contribution in [0.4, 0.5) is 0 Å². The van der Waals surface area contributed by atoms with Crippen molar-refractivity contribution < 1.29 is 22.7 Å². The van der Waals surface area contributed by atoms with Crippen molar-refractivity contribution in [3.05, 3.63) is 65.7 Å². The molecule has 7 nitrogen and oxygen atoms in total. The molecule has 1 amide bonds. The molecule has 0 bridgehead atoms. The quantitative estimate of drug-likeness (QED) is 0.630. The van der Waals surface area contributed by atoms with Gasteiger partial charge in [-0.25, -0.2) is 8.42 Å². The molecule has 1 aliphatic rings. The lowest BCUT2D eigenvalue weighted by Gasteiger charge is -2.23. The Morgan fingerprint density at radius 2 is 1.77 bits per heavy atom. The fraction of sp³-hybridized carbons (Fsp3) is 0.364. The fourth-order valence-electron chi connectivity index (χ4n) is 3.39. The number of sulfonamides is 1. The number of likely N-dealkylation sites (N-methyl/N-ethyl adjacent to an activating group) is 1. The Bertz CT molecular complexity index is 990. The largest absolute Gasteiger partial charge is 0.454 e. The van der Waals surface area contributed by atoms with Crippen LogP contribution in [0.1, 0.15) is 24.0 Å². The van der Waals surface area contributed by atoms with Gasteiger partial charge in [-0.2, -0.15) is 4.31 Å². The molecule has 0 spiro atoms. The lowest BCUT2D eigenvalue weighted by Crippen LogP contribution is -2.42. The fourth-order valence-corrected chi connectivity index (χ4v) is 5.04. The van der Waals surface area contributed by atoms with E-state index in [0.717, 1.165) is 11.1 Å². The van der Waals surface area contributed by atoms with Crippen LogP contribution in [0.5, 0.6) is 0 Å². The lowest BCUT2D eigenvalue weighted by molar-refractivity contribution is -0.154. The van der Waals surface area contributed by atoms with E-state index in [9.17, 15) is 18.0 Å². The van der Waals surface area contributed by atoms with E-state index in [4.69, 9.17) is 4.74 Å². The van der Waals surface area contributed by atoms with E-state index < -0.39 is 28.6 Å². The first-order valence-corrected chi connectivity index (χ1v) is 11.3. The van der Waals surface area contributed by atoms with Crippen LogP contribution in [0, 0.1) is 6.92 Å². The molecular formula is C22H26N2O5S. The zero-order valence-electron chi connectivity index (χ0n) is 17.2. The molecule has 8 heteroatoms. The van der Waals surface area contributed by atoms with Gasteiger partial charge in [-0.05, 0) is 37.5 Å². The van der Waals surface area contributed by atoms with Crippen LogP contribution in [0.15, 0.2) is 59.5 Å². The van der Waals surface area contributed by atoms with Gasteiger partial charge in [-0.3, -0.25) is 9.59 Å². The molecule has 2 aromatic rings. The van der Waals surface area contributed by atoms with Crippen LogP contribution in [0.2, 0.25) is 0 Å². The molecule has 0 aliphatic carbocycles. The SMILES string of the molecule is Cc1ccc(S(=O)(=O)N2CCCC2C(=O)OCC(=O)N(C)Cc2ccccc2)cc1. The Labute approximate surface area is 177 Å². The molecule has 0 radical (unpaired) electrons. The summed E-state index contributed by atoms with van der Waals surface area (Å²) >= 11 is 0. The van der Waals surface area contributed by atoms with Gasteiger partial charge in [0.15, 0.2) is 6.61 Å². The number of hydrogen-bond donors (Lipinski definition) is 0. The standard InChI is InChI=1S/C22H26N2O5S/c1-17-10-12-19(13-11-17)30(27,28)24-14-6-9-20(24)22(26)29-16-21(25)23(2)15-18-7-4-3-5-8-18/h3-5,7-8,10-13,20H,6,9,14-16H2,1-2H3. The first kappa shape index (κ1) is 22.0. The van der Waals surface area contributed by atoms with E-state index in [1.807, 2.05) is 37.3 Å². The highest BCUT2D eigenvalue weighted by molar-refractivity contribution is 7.89. The summed E-state index contributed by atoms with van der Waals surface area (Å²) in [5.41, 5.74) is 1.91. The number of hydrogen-bond acceptors (Lipinski definition) is 5. The molecule has 1 aliphatic heterocycles. The van der Waals surface area contributed by atoms with E-state index in [2.05, 4.69) is 0 Å². The van der Waals surface area contributed by atoms with Crippen molar-refractivity contribution in [3.63, 3.8) is 0 Å². The van der Waals surface area contributed by atoms with E-state index in [1.54, 1.807) is 19.2 Å². The molecule has 1 heterocycles. The molecule has 3 rings (SSSR count). The number of aryl methyl sites for hydroxylation is 1. The highest BCUT2D eigenvalue weighted by Gasteiger charge is 2.40. The second-order valence-corrected chi connectivity index (χ2v) is 9.32. The Kier molecular flexibility index (Phi) is 6.89. The van der Waals surface area contributed by atoms with Crippen molar-refractivity contribution in [1.29, 1.82) is 0 Å². The predicted molar refractivity (Wildman–Crippen MR) is 112 cm³/mol. The second-order valence-electron chi connectivity index (χ2n) is 7.43. The van der Waals surface area contributed by atoms with Crippen LogP contribution in [-0.2, 0) is 30.9 Å². The Hall–Kier alpha value is -2.71. The van der Waals surface area contributed by atoms with Crippen molar-refractivity contribution in [1.82, 2.24) is 9.21 Å². The van der Waals surface area contributed by atoms with Gasteiger partial charge in [-0.1, -0.05) is 48.0 Å². The number of carbonyl (C=O) groups excluding carboxylic acids is 2. The van der Waals surface area contributed by atoms with Gasteiger partial charge in [0.25, 0.3) is 5.91 Å². The molecule has 0 aromatic heterocycles. The Morgan fingerprint density at radius 1 is 1.10 bits per heavy atom. The van der Waals surface area contributed by atoms with Crippen molar-refractivity contribution in [2.45, 2.75) is 37.2 Å². The topological polar surface area (TPSA) is 84.0 Å². The number of rotatable bonds is 7. The van der Waals surface area contributed by atoms with Crippen LogP contribution in [0.3, 0.4) is 0 Å². The summed E-state index contributed by atoms with van der Waals surface area (Å²) in [6.07, 6.45) is 0.935. The second kappa shape index (κ2) is 9.40. The maximum atomic E-state index is 13.0. The van der Waals surface area contributed by atoms with Gasteiger partial charge in [-0.15, -0.1) is 0 Å². The molecule has 1 unspecified atom stereocenters. The van der Waals surface area contributed by atoms with Gasteiger partial charge < -0.3 is 9.64 Å². The zero-order chi connectivity index (χ0) is 21.7. The number of nitrogens with zero attached hydrogens (tertiary/aromatic N) is 2.